The number of benzene rings is 1. The number of unbranched alkanes of at least 4 members (excludes halogenated alkanes) is 3. The highest BCUT2D eigenvalue weighted by Crippen LogP contribution is 2.29. The number of aromatic nitrogens is 1. The van der Waals surface area contributed by atoms with Crippen LogP contribution in [-0.2, 0) is 0 Å². The van der Waals surface area contributed by atoms with Gasteiger partial charge in [-0.15, -0.1) is 0 Å². The minimum Gasteiger partial charge on any atom is -0.393 e. The maximum atomic E-state index is 9.29. The predicted molar refractivity (Wildman–Crippen MR) is 91.9 cm³/mol. The first kappa shape index (κ1) is 16.7. The molecule has 0 saturated carbocycles. The van der Waals surface area contributed by atoms with Gasteiger partial charge in [-0.25, -0.2) is 0 Å². The molecule has 0 fully saturated rings. The van der Waals surface area contributed by atoms with E-state index >= 15 is 0 Å². The highest BCUT2D eigenvalue weighted by atomic mass is 16.3. The summed E-state index contributed by atoms with van der Waals surface area (Å²) in [6, 6.07) is 14.9. The quantitative estimate of drug-likeness (QED) is 0.665. The molecule has 1 heterocycles. The molecule has 2 heteroatoms. The van der Waals surface area contributed by atoms with Crippen LogP contribution in [0.2, 0.25) is 0 Å². The molecule has 0 spiro atoms. The first-order valence-electron chi connectivity index (χ1n) is 8.40. The third-order valence-electron chi connectivity index (χ3n) is 4.15. The zero-order valence-corrected chi connectivity index (χ0v) is 13.5. The van der Waals surface area contributed by atoms with E-state index in [0.717, 1.165) is 19.3 Å². The van der Waals surface area contributed by atoms with Gasteiger partial charge in [0.2, 0.25) is 0 Å². The van der Waals surface area contributed by atoms with Gasteiger partial charge < -0.3 is 5.11 Å². The Hall–Kier alpha value is -1.67. The number of hydrogen-bond donors (Lipinski definition) is 1. The molecule has 1 aromatic carbocycles. The molecule has 0 aliphatic carbocycles. The van der Waals surface area contributed by atoms with E-state index in [4.69, 9.17) is 0 Å². The summed E-state index contributed by atoms with van der Waals surface area (Å²) in [4.78, 5) is 4.28. The molecule has 118 valence electrons. The summed E-state index contributed by atoms with van der Waals surface area (Å²) in [6.07, 6.45) is 10.5. The van der Waals surface area contributed by atoms with Crippen LogP contribution in [0.15, 0.2) is 54.9 Å². The maximum Gasteiger partial charge on any atom is 0.0512 e. The second-order valence-electron chi connectivity index (χ2n) is 6.09. The van der Waals surface area contributed by atoms with E-state index in [1.54, 1.807) is 0 Å². The van der Waals surface area contributed by atoms with Gasteiger partial charge >= 0.3 is 0 Å². The molecule has 0 aliphatic rings. The lowest BCUT2D eigenvalue weighted by Gasteiger charge is -2.17. The molecule has 0 radical (unpaired) electrons. The largest absolute Gasteiger partial charge is 0.393 e. The second-order valence-corrected chi connectivity index (χ2v) is 6.09. The SMILES string of the molecule is CC(O)CCCCCCC(c1ccccc1)c1cccnc1. The van der Waals surface area contributed by atoms with E-state index in [1.807, 2.05) is 25.4 Å². The van der Waals surface area contributed by atoms with Crippen LogP contribution in [0.4, 0.5) is 0 Å². The molecule has 0 aliphatic heterocycles. The lowest BCUT2D eigenvalue weighted by Crippen LogP contribution is -2.02. The summed E-state index contributed by atoms with van der Waals surface area (Å²) < 4.78 is 0. The molecule has 2 rings (SSSR count). The van der Waals surface area contributed by atoms with Crippen LogP contribution in [0.5, 0.6) is 0 Å². The fourth-order valence-electron chi connectivity index (χ4n) is 2.93. The standard InChI is InChI=1S/C20H27NO/c1-17(22)10-5-2-3-8-14-20(18-11-6-4-7-12-18)19-13-9-15-21-16-19/h4,6-7,9,11-13,15-17,20,22H,2-3,5,8,10,14H2,1H3. The van der Waals surface area contributed by atoms with E-state index in [-0.39, 0.29) is 6.10 Å². The number of pyridine rings is 1. The Morgan fingerprint density at radius 2 is 1.55 bits per heavy atom. The maximum absolute atomic E-state index is 9.29. The Kier molecular flexibility index (Phi) is 7.11. The Balaban J connectivity index is 1.89. The molecule has 2 nitrogen and oxygen atoms in total. The molecule has 0 bridgehead atoms. The Labute approximate surface area is 134 Å². The Morgan fingerprint density at radius 3 is 2.18 bits per heavy atom. The first-order chi connectivity index (χ1) is 10.8. The van der Waals surface area contributed by atoms with Crippen molar-refractivity contribution in [3.63, 3.8) is 0 Å². The fraction of sp³-hybridized carbons (Fsp3) is 0.450. The van der Waals surface area contributed by atoms with Crippen LogP contribution in [0.25, 0.3) is 0 Å². The van der Waals surface area contributed by atoms with Crippen molar-refractivity contribution in [3.05, 3.63) is 66.0 Å². The summed E-state index contributed by atoms with van der Waals surface area (Å²) in [6.45, 7) is 1.87. The van der Waals surface area contributed by atoms with Gasteiger partial charge in [0.15, 0.2) is 0 Å². The van der Waals surface area contributed by atoms with Crippen molar-refractivity contribution in [1.29, 1.82) is 0 Å². The number of rotatable bonds is 9. The lowest BCUT2D eigenvalue weighted by molar-refractivity contribution is 0.180. The van der Waals surface area contributed by atoms with Crippen LogP contribution < -0.4 is 0 Å². The lowest BCUT2D eigenvalue weighted by atomic mass is 9.87. The number of aliphatic hydroxyl groups is 1. The van der Waals surface area contributed by atoms with E-state index in [2.05, 4.69) is 41.4 Å². The summed E-state index contributed by atoms with van der Waals surface area (Å²) in [5, 5.41) is 9.29. The molecular formula is C20H27NO. The highest BCUT2D eigenvalue weighted by molar-refractivity contribution is 5.30. The van der Waals surface area contributed by atoms with Crippen molar-refractivity contribution < 1.29 is 5.11 Å². The summed E-state index contributed by atoms with van der Waals surface area (Å²) in [5.41, 5.74) is 2.68. The predicted octanol–water partition coefficient (Wildman–Crippen LogP) is 4.93. The van der Waals surface area contributed by atoms with E-state index in [1.165, 1.54) is 30.4 Å². The summed E-state index contributed by atoms with van der Waals surface area (Å²) in [5.74, 6) is 0.437. The van der Waals surface area contributed by atoms with E-state index < -0.39 is 0 Å². The number of aliphatic hydroxyl groups excluding tert-OH is 1. The van der Waals surface area contributed by atoms with Gasteiger partial charge in [0.1, 0.15) is 0 Å². The minimum atomic E-state index is -0.160. The zero-order valence-electron chi connectivity index (χ0n) is 13.5. The summed E-state index contributed by atoms with van der Waals surface area (Å²) >= 11 is 0. The van der Waals surface area contributed by atoms with Gasteiger partial charge in [-0.05, 0) is 37.0 Å². The molecule has 2 aromatic rings. The van der Waals surface area contributed by atoms with Crippen LogP contribution in [0.1, 0.15) is 62.5 Å². The van der Waals surface area contributed by atoms with Gasteiger partial charge in [-0.1, -0.05) is 62.1 Å². The molecule has 2 unspecified atom stereocenters. The third-order valence-corrected chi connectivity index (χ3v) is 4.15. The topological polar surface area (TPSA) is 33.1 Å². The van der Waals surface area contributed by atoms with Crippen molar-refractivity contribution in [2.24, 2.45) is 0 Å². The van der Waals surface area contributed by atoms with E-state index in [9.17, 15) is 5.11 Å². The summed E-state index contributed by atoms with van der Waals surface area (Å²) in [7, 11) is 0. The molecule has 2 atom stereocenters. The molecule has 22 heavy (non-hydrogen) atoms. The first-order valence-corrected chi connectivity index (χ1v) is 8.40. The van der Waals surface area contributed by atoms with E-state index in [0.29, 0.717) is 5.92 Å². The van der Waals surface area contributed by atoms with Crippen LogP contribution in [0, 0.1) is 0 Å². The molecule has 1 N–H and O–H groups in total. The highest BCUT2D eigenvalue weighted by Gasteiger charge is 2.13. The smallest absolute Gasteiger partial charge is 0.0512 e. The van der Waals surface area contributed by atoms with Crippen molar-refractivity contribution in [2.75, 3.05) is 0 Å². The monoisotopic (exact) mass is 297 g/mol. The average Bonchev–Trinajstić information content (AvgIpc) is 2.55. The van der Waals surface area contributed by atoms with Crippen molar-refractivity contribution in [3.8, 4) is 0 Å². The van der Waals surface area contributed by atoms with Crippen molar-refractivity contribution in [1.82, 2.24) is 4.98 Å². The fourth-order valence-corrected chi connectivity index (χ4v) is 2.93. The minimum absolute atomic E-state index is 0.160. The average molecular weight is 297 g/mol. The van der Waals surface area contributed by atoms with Gasteiger partial charge in [-0.2, -0.15) is 0 Å². The third kappa shape index (κ3) is 5.61. The molecule has 1 aromatic heterocycles. The normalized spacial score (nSPS) is 13.7. The van der Waals surface area contributed by atoms with Gasteiger partial charge in [-0.3, -0.25) is 4.98 Å². The molecular weight excluding hydrogens is 270 g/mol. The second kappa shape index (κ2) is 9.37. The molecule has 0 amide bonds. The molecule has 0 saturated heterocycles. The van der Waals surface area contributed by atoms with Gasteiger partial charge in [0.05, 0.1) is 6.10 Å². The number of hydrogen-bond acceptors (Lipinski definition) is 2. The Bertz CT molecular complexity index is 470. The zero-order chi connectivity index (χ0) is 15.6. The van der Waals surface area contributed by atoms with Crippen LogP contribution in [-0.4, -0.2) is 16.2 Å². The van der Waals surface area contributed by atoms with Gasteiger partial charge in [0, 0.05) is 18.3 Å². The van der Waals surface area contributed by atoms with Crippen LogP contribution >= 0.6 is 0 Å². The van der Waals surface area contributed by atoms with Gasteiger partial charge in [0.25, 0.3) is 0 Å². The number of nitrogens with zero attached hydrogens (tertiary/aromatic N) is 1. The van der Waals surface area contributed by atoms with Crippen LogP contribution in [0.3, 0.4) is 0 Å². The van der Waals surface area contributed by atoms with Crippen molar-refractivity contribution in [2.45, 2.75) is 57.5 Å². The Morgan fingerprint density at radius 1 is 0.864 bits per heavy atom. The van der Waals surface area contributed by atoms with Crippen molar-refractivity contribution >= 4 is 0 Å².